The summed E-state index contributed by atoms with van der Waals surface area (Å²) in [6, 6.07) is 18.8. The van der Waals surface area contributed by atoms with Crippen molar-refractivity contribution in [1.29, 1.82) is 0 Å². The molecule has 112 valence electrons. The van der Waals surface area contributed by atoms with E-state index in [1.165, 1.54) is 0 Å². The van der Waals surface area contributed by atoms with Crippen LogP contribution in [0.3, 0.4) is 0 Å². The lowest BCUT2D eigenvalue weighted by Gasteiger charge is -2.25. The monoisotopic (exact) mass is 322 g/mol. The van der Waals surface area contributed by atoms with Gasteiger partial charge in [-0.05, 0) is 37.6 Å². The van der Waals surface area contributed by atoms with E-state index in [0.29, 0.717) is 11.5 Å². The second kappa shape index (κ2) is 7.60. The van der Waals surface area contributed by atoms with Gasteiger partial charge in [0.15, 0.2) is 0 Å². The molecular formula is C16H19O3PS. The highest BCUT2D eigenvalue weighted by atomic mass is 32.5. The number of benzene rings is 2. The van der Waals surface area contributed by atoms with E-state index in [2.05, 4.69) is 0 Å². The largest absolute Gasteiger partial charge is 0.435 e. The third-order valence-electron chi connectivity index (χ3n) is 2.80. The predicted molar refractivity (Wildman–Crippen MR) is 89.3 cm³/mol. The van der Waals surface area contributed by atoms with Crippen LogP contribution in [0, 0.1) is 0 Å². The maximum Gasteiger partial charge on any atom is 0.435 e. The molecule has 1 atom stereocenters. The summed E-state index contributed by atoms with van der Waals surface area (Å²) in [5.74, 6) is 1.31. The van der Waals surface area contributed by atoms with Gasteiger partial charge >= 0.3 is 6.72 Å². The molecule has 0 amide bonds. The molecule has 0 N–H and O–H groups in total. The summed E-state index contributed by atoms with van der Waals surface area (Å²) in [4.78, 5) is 0. The molecule has 2 aromatic carbocycles. The van der Waals surface area contributed by atoms with E-state index in [9.17, 15) is 0 Å². The van der Waals surface area contributed by atoms with Crippen LogP contribution in [0.15, 0.2) is 60.7 Å². The molecule has 3 nitrogen and oxygen atoms in total. The van der Waals surface area contributed by atoms with E-state index in [4.69, 9.17) is 25.4 Å². The maximum absolute atomic E-state index is 5.88. The zero-order chi connectivity index (χ0) is 15.1. The van der Waals surface area contributed by atoms with Crippen molar-refractivity contribution in [2.75, 3.05) is 0 Å². The lowest BCUT2D eigenvalue weighted by atomic mass is 10.3. The lowest BCUT2D eigenvalue weighted by molar-refractivity contribution is 0.187. The van der Waals surface area contributed by atoms with Crippen LogP contribution in [0.1, 0.15) is 20.3 Å². The first-order valence-electron chi connectivity index (χ1n) is 6.89. The molecule has 0 fully saturated rings. The molecule has 0 aliphatic rings. The highest BCUT2D eigenvalue weighted by Gasteiger charge is 2.26. The molecule has 0 saturated heterocycles. The molecule has 0 bridgehead atoms. The minimum absolute atomic E-state index is 0.0248. The number of hydrogen-bond acceptors (Lipinski definition) is 4. The summed E-state index contributed by atoms with van der Waals surface area (Å²) in [6.07, 6.45) is 0.817. The van der Waals surface area contributed by atoms with Crippen molar-refractivity contribution in [3.8, 4) is 11.5 Å². The summed E-state index contributed by atoms with van der Waals surface area (Å²) < 4.78 is 17.6. The quantitative estimate of drug-likeness (QED) is 0.656. The minimum Gasteiger partial charge on any atom is -0.416 e. The average Bonchev–Trinajstić information content (AvgIpc) is 2.48. The third-order valence-corrected chi connectivity index (χ3v) is 5.00. The fourth-order valence-corrected chi connectivity index (χ4v) is 4.01. The van der Waals surface area contributed by atoms with Gasteiger partial charge in [0.1, 0.15) is 11.5 Å². The van der Waals surface area contributed by atoms with Crippen LogP contribution in [0.2, 0.25) is 0 Å². The standard InChI is InChI=1S/C16H19O3PS/c1-3-14(2)17-20(21,18-15-10-6-4-7-11-15)19-16-12-8-5-9-13-16/h4-14H,3H2,1-2H3. The fraction of sp³-hybridized carbons (Fsp3) is 0.250. The first kappa shape index (κ1) is 16.0. The number of para-hydroxylation sites is 2. The van der Waals surface area contributed by atoms with Crippen molar-refractivity contribution in [3.05, 3.63) is 60.7 Å². The zero-order valence-corrected chi connectivity index (χ0v) is 13.8. The first-order chi connectivity index (χ1) is 10.1. The van der Waals surface area contributed by atoms with Crippen molar-refractivity contribution in [2.24, 2.45) is 0 Å². The normalized spacial score (nSPS) is 12.7. The molecule has 5 heteroatoms. The molecule has 0 heterocycles. The Bertz CT molecular complexity index is 543. The van der Waals surface area contributed by atoms with Crippen molar-refractivity contribution in [2.45, 2.75) is 26.4 Å². The average molecular weight is 322 g/mol. The Labute approximate surface area is 131 Å². The van der Waals surface area contributed by atoms with Crippen LogP contribution in [-0.4, -0.2) is 6.10 Å². The second-order valence-electron chi connectivity index (χ2n) is 4.58. The van der Waals surface area contributed by atoms with E-state index in [0.717, 1.165) is 6.42 Å². The Morgan fingerprint density at radius 2 is 1.33 bits per heavy atom. The Hall–Kier alpha value is -1.35. The highest BCUT2D eigenvalue weighted by Crippen LogP contribution is 2.51. The number of rotatable bonds is 7. The van der Waals surface area contributed by atoms with Crippen LogP contribution in [0.5, 0.6) is 11.5 Å². The van der Waals surface area contributed by atoms with Gasteiger partial charge in [0.05, 0.1) is 6.10 Å². The van der Waals surface area contributed by atoms with Gasteiger partial charge in [-0.1, -0.05) is 43.3 Å². The summed E-state index contributed by atoms with van der Waals surface area (Å²) in [5, 5.41) is 0. The Morgan fingerprint density at radius 3 is 1.71 bits per heavy atom. The molecule has 0 aliphatic heterocycles. The molecule has 2 rings (SSSR count). The van der Waals surface area contributed by atoms with E-state index < -0.39 is 6.72 Å². The van der Waals surface area contributed by atoms with Gasteiger partial charge in [-0.3, -0.25) is 4.52 Å². The SMILES string of the molecule is CCC(C)OP(=S)(Oc1ccccc1)Oc1ccccc1. The molecule has 0 spiro atoms. The minimum atomic E-state index is -2.90. The molecule has 1 unspecified atom stereocenters. The van der Waals surface area contributed by atoms with Gasteiger partial charge in [-0.25, -0.2) is 0 Å². The molecule has 21 heavy (non-hydrogen) atoms. The second-order valence-corrected chi connectivity index (χ2v) is 7.39. The topological polar surface area (TPSA) is 27.7 Å². The van der Waals surface area contributed by atoms with E-state index in [1.807, 2.05) is 74.5 Å². The summed E-state index contributed by atoms with van der Waals surface area (Å²) in [5.41, 5.74) is 0. The van der Waals surface area contributed by atoms with Crippen molar-refractivity contribution < 1.29 is 13.6 Å². The smallest absolute Gasteiger partial charge is 0.416 e. The highest BCUT2D eigenvalue weighted by molar-refractivity contribution is 8.07. The van der Waals surface area contributed by atoms with Gasteiger partial charge in [0.25, 0.3) is 0 Å². The molecule has 2 aromatic rings. The number of hydrogen-bond donors (Lipinski definition) is 0. The van der Waals surface area contributed by atoms with Crippen LogP contribution in [-0.2, 0) is 16.3 Å². The molecular weight excluding hydrogens is 303 g/mol. The Kier molecular flexibility index (Phi) is 5.80. The molecule has 0 saturated carbocycles. The van der Waals surface area contributed by atoms with Gasteiger partial charge < -0.3 is 9.05 Å². The van der Waals surface area contributed by atoms with Gasteiger partial charge in [-0.2, -0.15) is 0 Å². The van der Waals surface area contributed by atoms with Gasteiger partial charge in [0, 0.05) is 11.8 Å². The van der Waals surface area contributed by atoms with Crippen LogP contribution in [0.25, 0.3) is 0 Å². The summed E-state index contributed by atoms with van der Waals surface area (Å²) >= 11 is 5.55. The van der Waals surface area contributed by atoms with E-state index in [-0.39, 0.29) is 6.10 Å². The summed E-state index contributed by atoms with van der Waals surface area (Å²) in [7, 11) is 0. The van der Waals surface area contributed by atoms with Crippen LogP contribution >= 0.6 is 6.72 Å². The van der Waals surface area contributed by atoms with Crippen molar-refractivity contribution >= 4 is 18.5 Å². The van der Waals surface area contributed by atoms with E-state index in [1.54, 1.807) is 0 Å². The zero-order valence-electron chi connectivity index (χ0n) is 12.1. The maximum atomic E-state index is 5.88. The van der Waals surface area contributed by atoms with Crippen LogP contribution < -0.4 is 9.05 Å². The Balaban J connectivity index is 2.19. The molecule has 0 aliphatic carbocycles. The summed E-state index contributed by atoms with van der Waals surface area (Å²) in [6.45, 7) is 1.10. The van der Waals surface area contributed by atoms with Crippen molar-refractivity contribution in [1.82, 2.24) is 0 Å². The Morgan fingerprint density at radius 1 is 0.905 bits per heavy atom. The van der Waals surface area contributed by atoms with E-state index >= 15 is 0 Å². The fourth-order valence-electron chi connectivity index (χ4n) is 1.58. The van der Waals surface area contributed by atoms with Gasteiger partial charge in [-0.15, -0.1) is 0 Å². The van der Waals surface area contributed by atoms with Gasteiger partial charge in [0.2, 0.25) is 0 Å². The molecule has 0 radical (unpaired) electrons. The molecule has 0 aromatic heterocycles. The van der Waals surface area contributed by atoms with Crippen LogP contribution in [0.4, 0.5) is 0 Å². The predicted octanol–water partition coefficient (Wildman–Crippen LogP) is 5.18. The third kappa shape index (κ3) is 5.16. The first-order valence-corrected chi connectivity index (χ1v) is 9.44. The lowest BCUT2D eigenvalue weighted by Crippen LogP contribution is -2.11. The van der Waals surface area contributed by atoms with Crippen molar-refractivity contribution in [3.63, 3.8) is 0 Å².